The molecule has 3 nitrogen and oxygen atoms in total. The molecular formula is C17H20FNO2. The van der Waals surface area contributed by atoms with Crippen LogP contribution in [-0.4, -0.2) is 13.2 Å². The molecule has 112 valence electrons. The normalized spacial score (nSPS) is 12.0. The van der Waals surface area contributed by atoms with Gasteiger partial charge in [-0.3, -0.25) is 0 Å². The van der Waals surface area contributed by atoms with E-state index in [9.17, 15) is 4.39 Å². The number of nitrogens with two attached hydrogens (primary N) is 1. The molecule has 0 bridgehead atoms. The van der Waals surface area contributed by atoms with Gasteiger partial charge in [-0.2, -0.15) is 0 Å². The average Bonchev–Trinajstić information content (AvgIpc) is 2.52. The molecular weight excluding hydrogens is 269 g/mol. The first kappa shape index (κ1) is 15.3. The number of benzene rings is 2. The van der Waals surface area contributed by atoms with Crippen molar-refractivity contribution in [2.24, 2.45) is 5.73 Å². The Bertz CT molecular complexity index is 540. The molecule has 4 heteroatoms. The Morgan fingerprint density at radius 3 is 2.14 bits per heavy atom. The lowest BCUT2D eigenvalue weighted by molar-refractivity contribution is 0.290. The molecule has 2 N–H and O–H groups in total. The van der Waals surface area contributed by atoms with Gasteiger partial charge in [-0.1, -0.05) is 19.1 Å². The summed E-state index contributed by atoms with van der Waals surface area (Å²) in [7, 11) is 0. The third kappa shape index (κ3) is 4.76. The molecule has 1 unspecified atom stereocenters. The van der Waals surface area contributed by atoms with Crippen LogP contribution in [0.25, 0.3) is 0 Å². The summed E-state index contributed by atoms with van der Waals surface area (Å²) in [6, 6.07) is 13.3. The number of halogens is 1. The first-order chi connectivity index (χ1) is 10.2. The molecule has 0 saturated heterocycles. The van der Waals surface area contributed by atoms with Crippen molar-refractivity contribution in [3.8, 4) is 11.5 Å². The van der Waals surface area contributed by atoms with E-state index in [1.54, 1.807) is 12.1 Å². The third-order valence-corrected chi connectivity index (χ3v) is 3.02. The molecule has 0 aromatic heterocycles. The van der Waals surface area contributed by atoms with E-state index in [4.69, 9.17) is 15.2 Å². The number of ether oxygens (including phenoxy) is 2. The molecule has 0 saturated carbocycles. The van der Waals surface area contributed by atoms with Gasteiger partial charge in [0.25, 0.3) is 0 Å². The molecule has 0 amide bonds. The van der Waals surface area contributed by atoms with Crippen LogP contribution < -0.4 is 15.2 Å². The van der Waals surface area contributed by atoms with Gasteiger partial charge < -0.3 is 15.2 Å². The van der Waals surface area contributed by atoms with Crippen molar-refractivity contribution in [2.45, 2.75) is 19.4 Å². The smallest absolute Gasteiger partial charge is 0.123 e. The van der Waals surface area contributed by atoms with E-state index < -0.39 is 0 Å². The second-order valence-corrected chi connectivity index (χ2v) is 4.79. The van der Waals surface area contributed by atoms with Crippen LogP contribution in [-0.2, 0) is 0 Å². The Kier molecular flexibility index (Phi) is 5.58. The zero-order valence-electron chi connectivity index (χ0n) is 12.1. The lowest BCUT2D eigenvalue weighted by Crippen LogP contribution is -2.18. The summed E-state index contributed by atoms with van der Waals surface area (Å²) in [6.45, 7) is 3.11. The second kappa shape index (κ2) is 7.64. The van der Waals surface area contributed by atoms with Gasteiger partial charge in [-0.05, 0) is 48.4 Å². The van der Waals surface area contributed by atoms with Crippen molar-refractivity contribution in [2.75, 3.05) is 13.2 Å². The van der Waals surface area contributed by atoms with Crippen LogP contribution >= 0.6 is 0 Å². The highest BCUT2D eigenvalue weighted by Gasteiger charge is 2.07. The van der Waals surface area contributed by atoms with Crippen molar-refractivity contribution in [3.63, 3.8) is 0 Å². The third-order valence-electron chi connectivity index (χ3n) is 3.02. The van der Waals surface area contributed by atoms with E-state index in [0.717, 1.165) is 17.7 Å². The molecule has 1 atom stereocenters. The zero-order valence-corrected chi connectivity index (χ0v) is 12.1. The van der Waals surface area contributed by atoms with Crippen LogP contribution in [0, 0.1) is 5.82 Å². The fraction of sp³-hybridized carbons (Fsp3) is 0.294. The molecule has 2 aromatic rings. The van der Waals surface area contributed by atoms with E-state index >= 15 is 0 Å². The fourth-order valence-corrected chi connectivity index (χ4v) is 1.84. The highest BCUT2D eigenvalue weighted by atomic mass is 19.1. The SMILES string of the molecule is CCCOc1ccc(C(N)COc2ccc(F)cc2)cc1. The Labute approximate surface area is 124 Å². The summed E-state index contributed by atoms with van der Waals surface area (Å²) in [6.07, 6.45) is 0.979. The molecule has 21 heavy (non-hydrogen) atoms. The Morgan fingerprint density at radius 1 is 0.952 bits per heavy atom. The van der Waals surface area contributed by atoms with Crippen LogP contribution in [0.1, 0.15) is 24.9 Å². The highest BCUT2D eigenvalue weighted by Crippen LogP contribution is 2.18. The van der Waals surface area contributed by atoms with Crippen molar-refractivity contribution in [1.29, 1.82) is 0 Å². The number of hydrogen-bond donors (Lipinski definition) is 1. The molecule has 0 fully saturated rings. The quantitative estimate of drug-likeness (QED) is 0.845. The van der Waals surface area contributed by atoms with Gasteiger partial charge >= 0.3 is 0 Å². The maximum atomic E-state index is 12.8. The largest absolute Gasteiger partial charge is 0.494 e. The van der Waals surface area contributed by atoms with Gasteiger partial charge in [0.15, 0.2) is 0 Å². The second-order valence-electron chi connectivity index (χ2n) is 4.79. The Balaban J connectivity index is 1.87. The van der Waals surface area contributed by atoms with Gasteiger partial charge in [-0.15, -0.1) is 0 Å². The topological polar surface area (TPSA) is 44.5 Å². The predicted molar refractivity (Wildman–Crippen MR) is 81.1 cm³/mol. The minimum atomic E-state index is -0.283. The minimum absolute atomic E-state index is 0.240. The summed E-state index contributed by atoms with van der Waals surface area (Å²) in [4.78, 5) is 0. The van der Waals surface area contributed by atoms with Gasteiger partial charge in [0.05, 0.1) is 12.6 Å². The summed E-state index contributed by atoms with van der Waals surface area (Å²) < 4.78 is 23.9. The van der Waals surface area contributed by atoms with E-state index in [1.165, 1.54) is 12.1 Å². The predicted octanol–water partition coefficient (Wildman–Crippen LogP) is 3.69. The van der Waals surface area contributed by atoms with E-state index in [-0.39, 0.29) is 11.9 Å². The average molecular weight is 289 g/mol. The summed E-state index contributed by atoms with van der Waals surface area (Å²) in [5.41, 5.74) is 7.06. The van der Waals surface area contributed by atoms with Crippen LogP contribution in [0.2, 0.25) is 0 Å². The summed E-state index contributed by atoms with van der Waals surface area (Å²) in [5.74, 6) is 1.16. The number of rotatable bonds is 7. The molecule has 0 heterocycles. The van der Waals surface area contributed by atoms with Crippen LogP contribution in [0.4, 0.5) is 4.39 Å². The molecule has 0 aliphatic heterocycles. The highest BCUT2D eigenvalue weighted by molar-refractivity contribution is 5.29. The first-order valence-corrected chi connectivity index (χ1v) is 7.05. The molecule has 0 spiro atoms. The Morgan fingerprint density at radius 2 is 1.52 bits per heavy atom. The van der Waals surface area contributed by atoms with Gasteiger partial charge in [0.1, 0.15) is 23.9 Å². The van der Waals surface area contributed by atoms with Gasteiger partial charge in [0, 0.05) is 0 Å². The van der Waals surface area contributed by atoms with E-state index in [0.29, 0.717) is 19.0 Å². The number of hydrogen-bond acceptors (Lipinski definition) is 3. The molecule has 2 rings (SSSR count). The lowest BCUT2D eigenvalue weighted by atomic mass is 10.1. The van der Waals surface area contributed by atoms with Crippen molar-refractivity contribution >= 4 is 0 Å². The minimum Gasteiger partial charge on any atom is -0.494 e. The molecule has 0 aliphatic rings. The molecule has 0 radical (unpaired) electrons. The van der Waals surface area contributed by atoms with Crippen molar-refractivity contribution in [1.82, 2.24) is 0 Å². The summed E-state index contributed by atoms with van der Waals surface area (Å²) in [5, 5.41) is 0. The fourth-order valence-electron chi connectivity index (χ4n) is 1.84. The van der Waals surface area contributed by atoms with Crippen LogP contribution in [0.15, 0.2) is 48.5 Å². The van der Waals surface area contributed by atoms with Crippen LogP contribution in [0.3, 0.4) is 0 Å². The summed E-state index contributed by atoms with van der Waals surface area (Å²) >= 11 is 0. The first-order valence-electron chi connectivity index (χ1n) is 7.05. The van der Waals surface area contributed by atoms with E-state index in [1.807, 2.05) is 24.3 Å². The standard InChI is InChI=1S/C17H20FNO2/c1-2-11-20-15-7-3-13(4-8-15)17(19)12-21-16-9-5-14(18)6-10-16/h3-10,17H,2,11-12,19H2,1H3. The molecule has 2 aromatic carbocycles. The monoisotopic (exact) mass is 289 g/mol. The van der Waals surface area contributed by atoms with E-state index in [2.05, 4.69) is 6.92 Å². The van der Waals surface area contributed by atoms with Crippen LogP contribution in [0.5, 0.6) is 11.5 Å². The lowest BCUT2D eigenvalue weighted by Gasteiger charge is -2.14. The zero-order chi connectivity index (χ0) is 15.1. The molecule has 0 aliphatic carbocycles. The maximum absolute atomic E-state index is 12.8. The van der Waals surface area contributed by atoms with Crippen molar-refractivity contribution < 1.29 is 13.9 Å². The van der Waals surface area contributed by atoms with Crippen molar-refractivity contribution in [3.05, 3.63) is 59.9 Å². The van der Waals surface area contributed by atoms with Gasteiger partial charge in [-0.25, -0.2) is 4.39 Å². The maximum Gasteiger partial charge on any atom is 0.123 e. The Hall–Kier alpha value is -2.07. The van der Waals surface area contributed by atoms with Gasteiger partial charge in [0.2, 0.25) is 0 Å².